The van der Waals surface area contributed by atoms with Gasteiger partial charge in [-0.3, -0.25) is 9.59 Å². The lowest BCUT2D eigenvalue weighted by Crippen LogP contribution is -2.54. The minimum absolute atomic E-state index is 0.0554. The Kier molecular flexibility index (Phi) is 12.3. The number of rotatable bonds is 12. The van der Waals surface area contributed by atoms with Crippen molar-refractivity contribution in [3.05, 3.63) is 65.9 Å². The van der Waals surface area contributed by atoms with Crippen molar-refractivity contribution in [3.63, 3.8) is 0 Å². The molecule has 0 radical (unpaired) electrons. The highest BCUT2D eigenvalue weighted by molar-refractivity contribution is 6.07. The molecule has 0 saturated carbocycles. The molecule has 3 aromatic carbocycles. The Morgan fingerprint density at radius 1 is 0.841 bits per heavy atom. The summed E-state index contributed by atoms with van der Waals surface area (Å²) in [7, 11) is 5.68. The number of benzene rings is 3. The van der Waals surface area contributed by atoms with Crippen LogP contribution in [0, 0.1) is 17.8 Å². The Morgan fingerprint density at radius 2 is 1.56 bits per heavy atom. The van der Waals surface area contributed by atoms with Crippen LogP contribution < -0.4 is 15.4 Å². The number of amides is 4. The van der Waals surface area contributed by atoms with Crippen LogP contribution >= 0.6 is 0 Å². The van der Waals surface area contributed by atoms with E-state index in [1.54, 1.807) is 25.1 Å². The maximum atomic E-state index is 14.1. The van der Waals surface area contributed by atoms with Gasteiger partial charge in [-0.1, -0.05) is 39.0 Å². The summed E-state index contributed by atoms with van der Waals surface area (Å²) in [5.41, 5.74) is 6.42. The van der Waals surface area contributed by atoms with E-state index >= 15 is 0 Å². The van der Waals surface area contributed by atoms with E-state index in [0.29, 0.717) is 44.4 Å². The quantitative estimate of drug-likeness (QED) is 0.110. The molecule has 2 aromatic heterocycles. The molecule has 7 atom stereocenters. The second-order valence-corrected chi connectivity index (χ2v) is 17.3. The summed E-state index contributed by atoms with van der Waals surface area (Å²) >= 11 is 0. The fraction of sp³-hybridized carbons (Fsp3) is 0.478. The molecule has 4 amide bonds. The number of fused-ring (bicyclic) bond motifs is 6. The minimum atomic E-state index is -0.970. The Hall–Kier alpha value is -6.20. The highest BCUT2D eigenvalue weighted by Gasteiger charge is 2.43. The molecule has 63 heavy (non-hydrogen) atoms. The molecule has 3 aliphatic heterocycles. The number of aromatic amines is 2. The summed E-state index contributed by atoms with van der Waals surface area (Å²) in [5.74, 6) is 1.80. The fourth-order valence-corrected chi connectivity index (χ4v) is 9.37. The number of hydrogen-bond donors (Lipinski definition) is 4. The highest BCUT2D eigenvalue weighted by Crippen LogP contribution is 2.44. The summed E-state index contributed by atoms with van der Waals surface area (Å²) in [5, 5.41) is 7.27. The van der Waals surface area contributed by atoms with Crippen LogP contribution in [0.4, 0.5) is 9.59 Å². The Morgan fingerprint density at radius 3 is 2.27 bits per heavy atom. The largest absolute Gasteiger partial charge is 0.488 e. The maximum absolute atomic E-state index is 14.1. The molecule has 0 aliphatic carbocycles. The molecule has 1 unspecified atom stereocenters. The third-order valence-electron chi connectivity index (χ3n) is 12.7. The van der Waals surface area contributed by atoms with Crippen LogP contribution in [0.15, 0.2) is 48.7 Å². The van der Waals surface area contributed by atoms with E-state index in [1.807, 2.05) is 30.9 Å². The zero-order valence-corrected chi connectivity index (χ0v) is 36.9. The van der Waals surface area contributed by atoms with Crippen molar-refractivity contribution in [1.29, 1.82) is 0 Å². The summed E-state index contributed by atoms with van der Waals surface area (Å²) in [6.07, 6.45) is 1.20. The van der Waals surface area contributed by atoms with Crippen molar-refractivity contribution in [2.75, 3.05) is 48.1 Å². The molecule has 2 saturated heterocycles. The minimum Gasteiger partial charge on any atom is -0.488 e. The molecule has 5 aromatic rings. The van der Waals surface area contributed by atoms with Crippen molar-refractivity contribution >= 4 is 45.8 Å². The van der Waals surface area contributed by atoms with Crippen molar-refractivity contribution in [2.45, 2.75) is 77.4 Å². The number of carbonyl (C=O) groups excluding carboxylic acids is 4. The average molecular weight is 865 g/mol. The Labute approximate surface area is 365 Å². The van der Waals surface area contributed by atoms with Crippen LogP contribution in [0.3, 0.4) is 0 Å². The zero-order valence-electron chi connectivity index (χ0n) is 36.9. The number of carbonyl (C=O) groups is 4. The number of aromatic nitrogens is 4. The smallest absolute Gasteiger partial charge is 0.407 e. The van der Waals surface area contributed by atoms with Crippen LogP contribution in [0.25, 0.3) is 44.2 Å². The van der Waals surface area contributed by atoms with E-state index in [1.165, 1.54) is 21.3 Å². The Balaban J connectivity index is 1.05. The number of likely N-dealkylation sites (tertiary alicyclic amines) is 2. The monoisotopic (exact) mass is 864 g/mol. The van der Waals surface area contributed by atoms with Crippen LogP contribution in [-0.2, 0) is 35.1 Å². The average Bonchev–Trinajstić information content (AvgIpc) is 4.11. The first-order chi connectivity index (χ1) is 30.3. The summed E-state index contributed by atoms with van der Waals surface area (Å²) in [6, 6.07) is 12.2. The number of nitrogens with zero attached hydrogens (tertiary/aromatic N) is 4. The topological polar surface area (TPSA) is 202 Å². The molecule has 8 rings (SSSR count). The Bertz CT molecular complexity index is 2540. The maximum Gasteiger partial charge on any atom is 0.407 e. The predicted molar refractivity (Wildman–Crippen MR) is 234 cm³/mol. The van der Waals surface area contributed by atoms with E-state index in [9.17, 15) is 19.2 Å². The van der Waals surface area contributed by atoms with Gasteiger partial charge in [-0.15, -0.1) is 0 Å². The SMILES string of the molecule is COC[C@H]1C[C@@H](c2nc3c(ccc4cc5c(cc43)OCc3cc(-c4cnc([C@@H]6C[C@H](C)CN6C(=O)[C@@H](NC(=O)OC)C(C)C)[nH]4)ccc3-5)[nH]2)N(C(=O)C(NC(=O)OC)[C@@H](C)OC)C1. The third kappa shape index (κ3) is 8.38. The van der Waals surface area contributed by atoms with Gasteiger partial charge in [0, 0.05) is 44.2 Å². The molecule has 5 heterocycles. The standard InChI is InChI=1S/C46H56N8O9/c1-23(2)38(51-45(57)61-7)43(55)53-19-24(3)13-35(53)41-47-18-34(49-41)28-9-11-30-29(15-28)22-63-37-17-31-27(16-32(30)37)10-12-33-40(31)50-42(48-33)36-14-26(21-59-5)20-54(36)44(56)39(25(4)60-6)52-46(58)62-8/h9-12,15-18,23-26,35-36,38-39H,13-14,19-22H2,1-8H3,(H,47,49)(H,48,50)(H,51,57)(H,52,58)/t24-,25+,26-,35-,36-,38-,39?/m0/s1. The van der Waals surface area contributed by atoms with Gasteiger partial charge in [0.25, 0.3) is 0 Å². The van der Waals surface area contributed by atoms with Gasteiger partial charge < -0.3 is 54.1 Å². The molecule has 334 valence electrons. The lowest BCUT2D eigenvalue weighted by atomic mass is 9.92. The highest BCUT2D eigenvalue weighted by atomic mass is 16.5. The number of alkyl carbamates (subject to hydrolysis) is 2. The fourth-order valence-electron chi connectivity index (χ4n) is 9.37. The molecular formula is C46H56N8O9. The lowest BCUT2D eigenvalue weighted by Gasteiger charge is -2.30. The molecule has 3 aliphatic rings. The first-order valence-corrected chi connectivity index (χ1v) is 21.4. The van der Waals surface area contributed by atoms with Crippen LogP contribution in [0.2, 0.25) is 0 Å². The van der Waals surface area contributed by atoms with E-state index in [-0.39, 0.29) is 35.6 Å². The molecule has 0 bridgehead atoms. The van der Waals surface area contributed by atoms with Crippen molar-refractivity contribution in [2.24, 2.45) is 17.8 Å². The second kappa shape index (κ2) is 17.9. The van der Waals surface area contributed by atoms with Crippen molar-refractivity contribution in [3.8, 4) is 28.1 Å². The zero-order chi connectivity index (χ0) is 44.7. The van der Waals surface area contributed by atoms with Gasteiger partial charge in [0.05, 0.1) is 61.9 Å². The summed E-state index contributed by atoms with van der Waals surface area (Å²) in [4.78, 5) is 72.8. The van der Waals surface area contributed by atoms with E-state index in [2.05, 4.69) is 57.9 Å². The van der Waals surface area contributed by atoms with Gasteiger partial charge in [0.2, 0.25) is 11.8 Å². The number of hydrogen-bond acceptors (Lipinski definition) is 11. The van der Waals surface area contributed by atoms with Crippen LogP contribution in [-0.4, -0.2) is 120 Å². The number of nitrogens with one attached hydrogen (secondary N) is 4. The summed E-state index contributed by atoms with van der Waals surface area (Å²) < 4.78 is 27.1. The molecule has 0 spiro atoms. The van der Waals surface area contributed by atoms with Crippen molar-refractivity contribution < 1.29 is 42.9 Å². The third-order valence-corrected chi connectivity index (χ3v) is 12.7. The van der Waals surface area contributed by atoms with E-state index in [0.717, 1.165) is 61.9 Å². The molecule has 17 heteroatoms. The van der Waals surface area contributed by atoms with Gasteiger partial charge in [0.1, 0.15) is 36.1 Å². The molecule has 17 nitrogen and oxygen atoms in total. The lowest BCUT2D eigenvalue weighted by molar-refractivity contribution is -0.138. The first kappa shape index (κ1) is 43.4. The molecule has 4 N–H and O–H groups in total. The number of ether oxygens (including phenoxy) is 5. The predicted octanol–water partition coefficient (Wildman–Crippen LogP) is 6.25. The number of H-pyrrole nitrogens is 2. The van der Waals surface area contributed by atoms with Crippen molar-refractivity contribution in [1.82, 2.24) is 40.4 Å². The molecular weight excluding hydrogens is 809 g/mol. The van der Waals surface area contributed by atoms with Gasteiger partial charge in [0.15, 0.2) is 0 Å². The van der Waals surface area contributed by atoms with Gasteiger partial charge in [-0.2, -0.15) is 0 Å². The number of methoxy groups -OCH3 is 4. The van der Waals surface area contributed by atoms with E-state index in [4.69, 9.17) is 33.7 Å². The first-order valence-electron chi connectivity index (χ1n) is 21.4. The van der Waals surface area contributed by atoms with Crippen LogP contribution in [0.1, 0.15) is 69.8 Å². The van der Waals surface area contributed by atoms with E-state index < -0.39 is 36.4 Å². The molecule has 2 fully saturated rings. The number of imidazole rings is 2. The van der Waals surface area contributed by atoms with Gasteiger partial charge >= 0.3 is 12.2 Å². The normalized spacial score (nSPS) is 20.8. The summed E-state index contributed by atoms with van der Waals surface area (Å²) in [6.45, 7) is 9.45. The van der Waals surface area contributed by atoms with Gasteiger partial charge in [-0.25, -0.2) is 19.6 Å². The van der Waals surface area contributed by atoms with Crippen LogP contribution in [0.5, 0.6) is 5.75 Å². The second-order valence-electron chi connectivity index (χ2n) is 17.3. The van der Waals surface area contributed by atoms with Gasteiger partial charge in [-0.05, 0) is 77.9 Å².